The van der Waals surface area contributed by atoms with E-state index in [-0.39, 0.29) is 5.69 Å². The van der Waals surface area contributed by atoms with Crippen LogP contribution in [0.25, 0.3) is 17.1 Å². The second-order valence-electron chi connectivity index (χ2n) is 2.86. The maximum absolute atomic E-state index is 10.6. The molecular formula is C10H8N2O2. The van der Waals surface area contributed by atoms with E-state index in [1.165, 1.54) is 6.07 Å². The normalized spacial score (nSPS) is 10.3. The molecule has 0 unspecified atom stereocenters. The Labute approximate surface area is 79.9 Å². The molecule has 2 heterocycles. The van der Waals surface area contributed by atoms with Gasteiger partial charge in [-0.05, 0) is 24.3 Å². The molecule has 0 aliphatic rings. The van der Waals surface area contributed by atoms with Crippen molar-refractivity contribution in [1.82, 2.24) is 9.97 Å². The van der Waals surface area contributed by atoms with E-state index in [1.54, 1.807) is 18.2 Å². The summed E-state index contributed by atoms with van der Waals surface area (Å²) in [7, 11) is 0. The van der Waals surface area contributed by atoms with Gasteiger partial charge in [0.25, 0.3) is 0 Å². The molecule has 14 heavy (non-hydrogen) atoms. The Hall–Kier alpha value is -2.10. The number of nitrogens with one attached hydrogen (secondary N) is 1. The second kappa shape index (κ2) is 2.99. The van der Waals surface area contributed by atoms with Crippen molar-refractivity contribution >= 4 is 23.1 Å². The van der Waals surface area contributed by atoms with E-state index in [0.717, 1.165) is 5.69 Å². The van der Waals surface area contributed by atoms with Crippen molar-refractivity contribution in [3.05, 3.63) is 36.2 Å². The van der Waals surface area contributed by atoms with Crippen molar-refractivity contribution in [2.45, 2.75) is 0 Å². The summed E-state index contributed by atoms with van der Waals surface area (Å²) in [4.78, 5) is 17.6. The van der Waals surface area contributed by atoms with Crippen molar-refractivity contribution in [3.63, 3.8) is 0 Å². The van der Waals surface area contributed by atoms with E-state index in [0.29, 0.717) is 11.0 Å². The van der Waals surface area contributed by atoms with Crippen molar-refractivity contribution in [1.29, 1.82) is 0 Å². The van der Waals surface area contributed by atoms with E-state index < -0.39 is 5.97 Å². The number of aromatic amines is 1. The van der Waals surface area contributed by atoms with Crippen molar-refractivity contribution in [2.75, 3.05) is 0 Å². The molecule has 0 radical (unpaired) electrons. The predicted molar refractivity (Wildman–Crippen MR) is 53.1 cm³/mol. The Morgan fingerprint density at radius 3 is 3.00 bits per heavy atom. The number of carbonyl (C=O) groups is 1. The van der Waals surface area contributed by atoms with Crippen LogP contribution in [0.4, 0.5) is 0 Å². The van der Waals surface area contributed by atoms with Gasteiger partial charge in [0.1, 0.15) is 5.69 Å². The molecule has 0 aliphatic heterocycles. The highest BCUT2D eigenvalue weighted by Crippen LogP contribution is 2.14. The average molecular weight is 188 g/mol. The minimum absolute atomic E-state index is 0.147. The molecule has 0 fully saturated rings. The van der Waals surface area contributed by atoms with Crippen LogP contribution in [0, 0.1) is 0 Å². The summed E-state index contributed by atoms with van der Waals surface area (Å²) in [6.07, 6.45) is 1.62. The molecular weight excluding hydrogens is 180 g/mol. The van der Waals surface area contributed by atoms with Gasteiger partial charge in [-0.3, -0.25) is 0 Å². The molecule has 0 atom stereocenters. The van der Waals surface area contributed by atoms with E-state index in [4.69, 9.17) is 5.11 Å². The summed E-state index contributed by atoms with van der Waals surface area (Å²) in [6, 6.07) is 5.06. The van der Waals surface area contributed by atoms with Crippen LogP contribution in [0.2, 0.25) is 0 Å². The fraction of sp³-hybridized carbons (Fsp3) is 0. The van der Waals surface area contributed by atoms with Crippen LogP contribution >= 0.6 is 0 Å². The molecule has 2 rings (SSSR count). The third-order valence-electron chi connectivity index (χ3n) is 1.94. The number of rotatable bonds is 2. The lowest BCUT2D eigenvalue weighted by molar-refractivity contribution is 0.0691. The Bertz CT molecular complexity index is 514. The SMILES string of the molecule is C=Cc1ccc2[nH]c(C(=O)O)cc2n1. The van der Waals surface area contributed by atoms with Gasteiger partial charge in [-0.25, -0.2) is 9.78 Å². The maximum Gasteiger partial charge on any atom is 0.352 e. The minimum atomic E-state index is -0.983. The van der Waals surface area contributed by atoms with Crippen LogP contribution in [0.1, 0.15) is 16.2 Å². The molecule has 70 valence electrons. The number of hydrogen-bond donors (Lipinski definition) is 2. The Morgan fingerprint density at radius 2 is 2.36 bits per heavy atom. The van der Waals surface area contributed by atoms with E-state index in [9.17, 15) is 4.79 Å². The van der Waals surface area contributed by atoms with Crippen LogP contribution in [-0.2, 0) is 0 Å². The molecule has 0 aromatic carbocycles. The van der Waals surface area contributed by atoms with Crippen LogP contribution in [0.15, 0.2) is 24.8 Å². The molecule has 0 amide bonds. The van der Waals surface area contributed by atoms with Crippen LogP contribution in [-0.4, -0.2) is 21.0 Å². The monoisotopic (exact) mass is 188 g/mol. The van der Waals surface area contributed by atoms with E-state index in [1.807, 2.05) is 0 Å². The summed E-state index contributed by atoms with van der Waals surface area (Å²) in [5, 5.41) is 8.73. The second-order valence-corrected chi connectivity index (χ2v) is 2.86. The van der Waals surface area contributed by atoms with Gasteiger partial charge >= 0.3 is 5.97 Å². The number of carboxylic acids is 1. The van der Waals surface area contributed by atoms with Crippen LogP contribution in [0.5, 0.6) is 0 Å². The summed E-state index contributed by atoms with van der Waals surface area (Å²) >= 11 is 0. The summed E-state index contributed by atoms with van der Waals surface area (Å²) in [6.45, 7) is 3.59. The zero-order valence-corrected chi connectivity index (χ0v) is 7.32. The molecule has 2 aromatic heterocycles. The van der Waals surface area contributed by atoms with Gasteiger partial charge in [0.15, 0.2) is 0 Å². The van der Waals surface area contributed by atoms with Gasteiger partial charge in [-0.1, -0.05) is 6.58 Å². The number of aromatic carboxylic acids is 1. The van der Waals surface area contributed by atoms with Gasteiger partial charge in [0, 0.05) is 0 Å². The zero-order valence-electron chi connectivity index (χ0n) is 7.32. The minimum Gasteiger partial charge on any atom is -0.477 e. The van der Waals surface area contributed by atoms with Crippen LogP contribution in [0.3, 0.4) is 0 Å². The number of carboxylic acid groups (broad SMARTS) is 1. The summed E-state index contributed by atoms with van der Waals surface area (Å²) in [5.41, 5.74) is 2.23. The fourth-order valence-electron chi connectivity index (χ4n) is 1.25. The first-order chi connectivity index (χ1) is 6.70. The summed E-state index contributed by atoms with van der Waals surface area (Å²) in [5.74, 6) is -0.983. The van der Waals surface area contributed by atoms with Crippen LogP contribution < -0.4 is 0 Å². The predicted octanol–water partition coefficient (Wildman–Crippen LogP) is 1.90. The first-order valence-corrected chi connectivity index (χ1v) is 4.06. The number of nitrogens with zero attached hydrogens (tertiary/aromatic N) is 1. The van der Waals surface area contributed by atoms with Crippen molar-refractivity contribution in [2.24, 2.45) is 0 Å². The number of aromatic nitrogens is 2. The Kier molecular flexibility index (Phi) is 1.81. The number of H-pyrrole nitrogens is 1. The highest BCUT2D eigenvalue weighted by atomic mass is 16.4. The molecule has 0 saturated carbocycles. The average Bonchev–Trinajstić information content (AvgIpc) is 2.59. The number of fused-ring (bicyclic) bond motifs is 1. The van der Waals surface area contributed by atoms with Gasteiger partial charge in [-0.2, -0.15) is 0 Å². The topological polar surface area (TPSA) is 66.0 Å². The standard InChI is InChI=1S/C10H8N2O2/c1-2-6-3-4-7-8(11-6)5-9(12-7)10(13)14/h2-5,12H,1H2,(H,13,14). The third kappa shape index (κ3) is 1.26. The van der Waals surface area contributed by atoms with Crippen molar-refractivity contribution < 1.29 is 9.90 Å². The van der Waals surface area contributed by atoms with Gasteiger partial charge in [0.2, 0.25) is 0 Å². The van der Waals surface area contributed by atoms with Gasteiger partial charge < -0.3 is 10.1 Å². The smallest absolute Gasteiger partial charge is 0.352 e. The molecule has 0 saturated heterocycles. The number of hydrogen-bond acceptors (Lipinski definition) is 2. The Morgan fingerprint density at radius 1 is 1.57 bits per heavy atom. The largest absolute Gasteiger partial charge is 0.477 e. The maximum atomic E-state index is 10.6. The fourth-order valence-corrected chi connectivity index (χ4v) is 1.25. The summed E-state index contributed by atoms with van der Waals surface area (Å²) < 4.78 is 0. The quantitative estimate of drug-likeness (QED) is 0.756. The first-order valence-electron chi connectivity index (χ1n) is 4.06. The highest BCUT2D eigenvalue weighted by molar-refractivity contribution is 5.92. The molecule has 4 heteroatoms. The molecule has 4 nitrogen and oxygen atoms in total. The molecule has 2 N–H and O–H groups in total. The van der Waals surface area contributed by atoms with E-state index >= 15 is 0 Å². The van der Waals surface area contributed by atoms with E-state index in [2.05, 4.69) is 16.5 Å². The zero-order chi connectivity index (χ0) is 10.1. The lowest BCUT2D eigenvalue weighted by atomic mass is 10.3. The van der Waals surface area contributed by atoms with Crippen molar-refractivity contribution in [3.8, 4) is 0 Å². The third-order valence-corrected chi connectivity index (χ3v) is 1.94. The molecule has 0 spiro atoms. The molecule has 0 bridgehead atoms. The molecule has 2 aromatic rings. The Balaban J connectivity index is 2.65. The lowest BCUT2D eigenvalue weighted by Crippen LogP contribution is -1.94. The molecule has 0 aliphatic carbocycles. The first kappa shape index (κ1) is 8.50. The lowest BCUT2D eigenvalue weighted by Gasteiger charge is -1.91. The number of pyridine rings is 1. The van der Waals surface area contributed by atoms with Gasteiger partial charge in [0.05, 0.1) is 16.7 Å². The highest BCUT2D eigenvalue weighted by Gasteiger charge is 2.07. The van der Waals surface area contributed by atoms with Gasteiger partial charge in [-0.15, -0.1) is 0 Å².